The molecule has 0 radical (unpaired) electrons. The lowest BCUT2D eigenvalue weighted by Crippen LogP contribution is -2.48. The zero-order valence-corrected chi connectivity index (χ0v) is 13.6. The van der Waals surface area contributed by atoms with Crippen LogP contribution in [-0.2, 0) is 4.79 Å². The Labute approximate surface area is 131 Å². The van der Waals surface area contributed by atoms with Gasteiger partial charge in [-0.2, -0.15) is 0 Å². The monoisotopic (exact) mass is 310 g/mol. The Kier molecular flexibility index (Phi) is 5.48. The maximum Gasteiger partial charge on any atom is 0.263 e. The van der Waals surface area contributed by atoms with Gasteiger partial charge < -0.3 is 15.0 Å². The summed E-state index contributed by atoms with van der Waals surface area (Å²) in [6, 6.07) is 6.09. The second kappa shape index (κ2) is 7.14. The molecule has 0 aromatic heterocycles. The van der Waals surface area contributed by atoms with Gasteiger partial charge in [0.15, 0.2) is 6.10 Å². The van der Waals surface area contributed by atoms with Gasteiger partial charge in [-0.3, -0.25) is 4.79 Å². The van der Waals surface area contributed by atoms with E-state index in [0.717, 1.165) is 31.5 Å². The molecule has 1 amide bonds. The fraction of sp³-hybridized carbons (Fsp3) is 0.562. The Balaban J connectivity index is 1.95. The van der Waals surface area contributed by atoms with Crippen LogP contribution in [0.2, 0.25) is 5.02 Å². The van der Waals surface area contributed by atoms with Gasteiger partial charge in [-0.1, -0.05) is 17.7 Å². The molecule has 0 bridgehead atoms. The van der Waals surface area contributed by atoms with E-state index in [1.54, 1.807) is 13.0 Å². The quantitative estimate of drug-likeness (QED) is 0.929. The molecule has 0 unspecified atom stereocenters. The number of halogens is 1. The zero-order valence-electron chi connectivity index (χ0n) is 12.9. The minimum atomic E-state index is -0.518. The minimum Gasteiger partial charge on any atom is -0.479 e. The van der Waals surface area contributed by atoms with Crippen molar-refractivity contribution in [2.24, 2.45) is 0 Å². The van der Waals surface area contributed by atoms with E-state index >= 15 is 0 Å². The SMILES string of the molecule is CNC1CCN(C(=O)[C@@H](C)Oc2cc(C)ccc2Cl)CC1. The van der Waals surface area contributed by atoms with E-state index in [1.165, 1.54) is 0 Å². The maximum absolute atomic E-state index is 12.4. The molecule has 1 N–H and O–H groups in total. The number of nitrogens with one attached hydrogen (secondary N) is 1. The van der Waals surface area contributed by atoms with E-state index in [2.05, 4.69) is 5.32 Å². The van der Waals surface area contributed by atoms with Gasteiger partial charge in [-0.25, -0.2) is 0 Å². The lowest BCUT2D eigenvalue weighted by molar-refractivity contribution is -0.139. The highest BCUT2D eigenvalue weighted by Crippen LogP contribution is 2.26. The fourth-order valence-corrected chi connectivity index (χ4v) is 2.75. The summed E-state index contributed by atoms with van der Waals surface area (Å²) in [6.45, 7) is 5.31. The second-order valence-electron chi connectivity index (χ2n) is 5.58. The summed E-state index contributed by atoms with van der Waals surface area (Å²) in [6.07, 6.45) is 1.45. The molecular formula is C16H23ClN2O2. The molecule has 4 nitrogen and oxygen atoms in total. The number of amides is 1. The Bertz CT molecular complexity index is 499. The molecular weight excluding hydrogens is 288 g/mol. The molecule has 1 fully saturated rings. The highest BCUT2D eigenvalue weighted by atomic mass is 35.5. The second-order valence-corrected chi connectivity index (χ2v) is 5.99. The summed E-state index contributed by atoms with van der Waals surface area (Å²) < 4.78 is 5.76. The summed E-state index contributed by atoms with van der Waals surface area (Å²) in [4.78, 5) is 14.3. The van der Waals surface area contributed by atoms with Crippen molar-refractivity contribution >= 4 is 17.5 Å². The third kappa shape index (κ3) is 4.11. The van der Waals surface area contributed by atoms with Crippen molar-refractivity contribution in [1.82, 2.24) is 10.2 Å². The third-order valence-electron chi connectivity index (χ3n) is 3.95. The van der Waals surface area contributed by atoms with Crippen molar-refractivity contribution in [1.29, 1.82) is 0 Å². The predicted octanol–water partition coefficient (Wildman–Crippen LogP) is 2.63. The van der Waals surface area contributed by atoms with Crippen molar-refractivity contribution in [3.63, 3.8) is 0 Å². The van der Waals surface area contributed by atoms with E-state index in [9.17, 15) is 4.79 Å². The van der Waals surface area contributed by atoms with Crippen LogP contribution in [-0.4, -0.2) is 43.1 Å². The molecule has 5 heteroatoms. The first-order chi connectivity index (χ1) is 10.0. The van der Waals surface area contributed by atoms with E-state index in [4.69, 9.17) is 16.3 Å². The fourth-order valence-electron chi connectivity index (χ4n) is 2.59. The molecule has 0 saturated carbocycles. The number of benzene rings is 1. The Hall–Kier alpha value is -1.26. The molecule has 0 aliphatic carbocycles. The van der Waals surface area contributed by atoms with Gasteiger partial charge in [0, 0.05) is 19.1 Å². The van der Waals surface area contributed by atoms with Crippen LogP contribution in [0, 0.1) is 6.92 Å². The molecule has 2 rings (SSSR count). The number of nitrogens with zero attached hydrogens (tertiary/aromatic N) is 1. The summed E-state index contributed by atoms with van der Waals surface area (Å²) in [7, 11) is 1.97. The molecule has 1 aromatic carbocycles. The van der Waals surface area contributed by atoms with Crippen LogP contribution in [0.1, 0.15) is 25.3 Å². The number of rotatable bonds is 4. The van der Waals surface area contributed by atoms with Gasteiger partial charge in [0.2, 0.25) is 0 Å². The van der Waals surface area contributed by atoms with Gasteiger partial charge in [0.25, 0.3) is 5.91 Å². The van der Waals surface area contributed by atoms with Crippen molar-refractivity contribution in [2.45, 2.75) is 38.8 Å². The molecule has 1 aliphatic rings. The average molecular weight is 311 g/mol. The highest BCUT2D eigenvalue weighted by molar-refractivity contribution is 6.32. The number of likely N-dealkylation sites (tertiary alicyclic amines) is 1. The molecule has 1 aromatic rings. The Morgan fingerprint density at radius 3 is 2.71 bits per heavy atom. The van der Waals surface area contributed by atoms with Crippen LogP contribution in [0.5, 0.6) is 5.75 Å². The number of piperidine rings is 1. The average Bonchev–Trinajstić information content (AvgIpc) is 2.50. The van der Waals surface area contributed by atoms with Crippen molar-refractivity contribution in [2.75, 3.05) is 20.1 Å². The van der Waals surface area contributed by atoms with Gasteiger partial charge in [-0.15, -0.1) is 0 Å². The minimum absolute atomic E-state index is 0.0297. The van der Waals surface area contributed by atoms with Gasteiger partial charge in [-0.05, 0) is 51.4 Å². The van der Waals surface area contributed by atoms with Gasteiger partial charge >= 0.3 is 0 Å². The van der Waals surface area contributed by atoms with Gasteiger partial charge in [0.1, 0.15) is 5.75 Å². The van der Waals surface area contributed by atoms with Crippen molar-refractivity contribution < 1.29 is 9.53 Å². The number of ether oxygens (including phenoxy) is 1. The third-order valence-corrected chi connectivity index (χ3v) is 4.27. The molecule has 1 aliphatic heterocycles. The molecule has 1 heterocycles. The molecule has 21 heavy (non-hydrogen) atoms. The molecule has 1 saturated heterocycles. The molecule has 1 atom stereocenters. The largest absolute Gasteiger partial charge is 0.479 e. The standard InChI is InChI=1S/C16H23ClN2O2/c1-11-4-5-14(17)15(10-11)21-12(2)16(20)19-8-6-13(18-3)7-9-19/h4-5,10,12-13,18H,6-9H2,1-3H3/t12-/m1/s1. The van der Waals surface area contributed by atoms with Crippen LogP contribution >= 0.6 is 11.6 Å². The topological polar surface area (TPSA) is 41.6 Å². The Morgan fingerprint density at radius 2 is 2.10 bits per heavy atom. The van der Waals surface area contributed by atoms with E-state index in [-0.39, 0.29) is 5.91 Å². The van der Waals surface area contributed by atoms with Crippen molar-refractivity contribution in [3.8, 4) is 5.75 Å². The summed E-state index contributed by atoms with van der Waals surface area (Å²) in [5.74, 6) is 0.602. The first-order valence-corrected chi connectivity index (χ1v) is 7.78. The number of carbonyl (C=O) groups excluding carboxylic acids is 1. The lowest BCUT2D eigenvalue weighted by atomic mass is 10.0. The van der Waals surface area contributed by atoms with Crippen LogP contribution in [0.3, 0.4) is 0 Å². The molecule has 0 spiro atoms. The van der Waals surface area contributed by atoms with Crippen LogP contribution in [0.4, 0.5) is 0 Å². The summed E-state index contributed by atoms with van der Waals surface area (Å²) in [5.41, 5.74) is 1.06. The summed E-state index contributed by atoms with van der Waals surface area (Å²) in [5, 5.41) is 3.80. The van der Waals surface area contributed by atoms with Gasteiger partial charge in [0.05, 0.1) is 5.02 Å². The van der Waals surface area contributed by atoms with Crippen molar-refractivity contribution in [3.05, 3.63) is 28.8 Å². The number of hydrogen-bond acceptors (Lipinski definition) is 3. The zero-order chi connectivity index (χ0) is 15.4. The number of carbonyl (C=O) groups is 1. The number of hydrogen-bond donors (Lipinski definition) is 1. The Morgan fingerprint density at radius 1 is 1.43 bits per heavy atom. The van der Waals surface area contributed by atoms with Crippen LogP contribution in [0.15, 0.2) is 18.2 Å². The normalized spacial score (nSPS) is 17.6. The smallest absolute Gasteiger partial charge is 0.263 e. The van der Waals surface area contributed by atoms with E-state index < -0.39 is 6.10 Å². The predicted molar refractivity (Wildman–Crippen MR) is 84.9 cm³/mol. The first kappa shape index (κ1) is 16.1. The highest BCUT2D eigenvalue weighted by Gasteiger charge is 2.26. The lowest BCUT2D eigenvalue weighted by Gasteiger charge is -2.33. The van der Waals surface area contributed by atoms with Crippen LogP contribution < -0.4 is 10.1 Å². The van der Waals surface area contributed by atoms with E-state index in [1.807, 2.05) is 31.0 Å². The number of aryl methyl sites for hydroxylation is 1. The summed E-state index contributed by atoms with van der Waals surface area (Å²) >= 11 is 6.11. The first-order valence-electron chi connectivity index (χ1n) is 7.40. The maximum atomic E-state index is 12.4. The van der Waals surface area contributed by atoms with E-state index in [0.29, 0.717) is 16.8 Å². The van der Waals surface area contributed by atoms with Crippen LogP contribution in [0.25, 0.3) is 0 Å². The molecule has 116 valence electrons.